The fourth-order valence-electron chi connectivity index (χ4n) is 3.47. The SMILES string of the molecule is O=[N+]([O-])c1ccc(-c2cc3c(Nc4ccc(OCc5cccc(F)c5)c(Cl)c4)ncnc3s2)cc1. The average Bonchev–Trinajstić information content (AvgIpc) is 3.29. The van der Waals surface area contributed by atoms with Crippen molar-refractivity contribution in [3.8, 4) is 16.2 Å². The summed E-state index contributed by atoms with van der Waals surface area (Å²) in [6, 6.07) is 19.8. The molecule has 0 aliphatic carbocycles. The molecule has 2 aromatic heterocycles. The molecule has 0 fully saturated rings. The quantitative estimate of drug-likeness (QED) is 0.183. The Bertz CT molecular complexity index is 1540. The second-order valence-corrected chi connectivity index (χ2v) is 8.98. The molecular weight excluding hydrogens is 491 g/mol. The predicted molar refractivity (Wildman–Crippen MR) is 135 cm³/mol. The third-order valence-corrected chi connectivity index (χ3v) is 6.56. The number of nitro benzene ring substituents is 1. The number of hydrogen-bond acceptors (Lipinski definition) is 7. The van der Waals surface area contributed by atoms with Crippen molar-refractivity contribution in [2.75, 3.05) is 5.32 Å². The highest BCUT2D eigenvalue weighted by Crippen LogP contribution is 2.37. The number of nitrogens with zero attached hydrogens (tertiary/aromatic N) is 3. The van der Waals surface area contributed by atoms with E-state index in [1.165, 1.54) is 41.9 Å². The van der Waals surface area contributed by atoms with Gasteiger partial charge >= 0.3 is 0 Å². The second kappa shape index (κ2) is 9.65. The van der Waals surface area contributed by atoms with Crippen LogP contribution in [0, 0.1) is 15.9 Å². The van der Waals surface area contributed by atoms with E-state index < -0.39 is 4.92 Å². The Kier molecular flexibility index (Phi) is 6.26. The van der Waals surface area contributed by atoms with E-state index in [4.69, 9.17) is 16.3 Å². The number of benzene rings is 3. The van der Waals surface area contributed by atoms with E-state index in [9.17, 15) is 14.5 Å². The van der Waals surface area contributed by atoms with Crippen molar-refractivity contribution in [3.63, 3.8) is 0 Å². The van der Waals surface area contributed by atoms with Gasteiger partial charge in [0.2, 0.25) is 0 Å². The van der Waals surface area contributed by atoms with Crippen molar-refractivity contribution in [3.05, 3.63) is 106 Å². The maximum Gasteiger partial charge on any atom is 0.269 e. The molecule has 0 bridgehead atoms. The summed E-state index contributed by atoms with van der Waals surface area (Å²) in [6.45, 7) is 0.192. The molecule has 0 aliphatic rings. The number of aromatic nitrogens is 2. The van der Waals surface area contributed by atoms with Crippen molar-refractivity contribution in [1.82, 2.24) is 9.97 Å². The molecule has 0 amide bonds. The van der Waals surface area contributed by atoms with E-state index in [1.54, 1.807) is 36.4 Å². The first-order valence-corrected chi connectivity index (χ1v) is 11.6. The number of nitrogens with one attached hydrogen (secondary N) is 1. The average molecular weight is 507 g/mol. The summed E-state index contributed by atoms with van der Waals surface area (Å²) < 4.78 is 19.1. The van der Waals surface area contributed by atoms with Gasteiger partial charge in [0, 0.05) is 22.7 Å². The van der Waals surface area contributed by atoms with Crippen molar-refractivity contribution in [1.29, 1.82) is 0 Å². The van der Waals surface area contributed by atoms with Gasteiger partial charge in [-0.1, -0.05) is 23.7 Å². The summed E-state index contributed by atoms with van der Waals surface area (Å²) in [7, 11) is 0. The van der Waals surface area contributed by atoms with Crippen LogP contribution in [-0.2, 0) is 6.61 Å². The Balaban J connectivity index is 1.35. The van der Waals surface area contributed by atoms with Crippen LogP contribution in [-0.4, -0.2) is 14.9 Å². The summed E-state index contributed by atoms with van der Waals surface area (Å²) in [6.07, 6.45) is 1.47. The molecule has 0 unspecified atom stereocenters. The molecule has 0 aliphatic heterocycles. The van der Waals surface area contributed by atoms with Gasteiger partial charge in [-0.15, -0.1) is 11.3 Å². The van der Waals surface area contributed by atoms with Crippen molar-refractivity contribution in [2.24, 2.45) is 0 Å². The highest BCUT2D eigenvalue weighted by molar-refractivity contribution is 7.21. The van der Waals surface area contributed by atoms with E-state index in [0.29, 0.717) is 27.8 Å². The van der Waals surface area contributed by atoms with Crippen LogP contribution >= 0.6 is 22.9 Å². The van der Waals surface area contributed by atoms with Crippen LogP contribution in [0.4, 0.5) is 21.6 Å². The lowest BCUT2D eigenvalue weighted by Gasteiger charge is -2.11. The van der Waals surface area contributed by atoms with Gasteiger partial charge in [0.1, 0.15) is 35.1 Å². The molecule has 10 heteroatoms. The first-order valence-electron chi connectivity index (χ1n) is 10.4. The molecule has 2 heterocycles. The van der Waals surface area contributed by atoms with E-state index in [2.05, 4.69) is 15.3 Å². The number of rotatable bonds is 7. The van der Waals surface area contributed by atoms with Gasteiger partial charge < -0.3 is 10.1 Å². The number of nitro groups is 1. The molecule has 1 N–H and O–H groups in total. The first kappa shape index (κ1) is 22.7. The largest absolute Gasteiger partial charge is 0.487 e. The molecule has 0 saturated heterocycles. The minimum atomic E-state index is -0.425. The Hall–Kier alpha value is -4.08. The summed E-state index contributed by atoms with van der Waals surface area (Å²) in [5.41, 5.74) is 2.30. The van der Waals surface area contributed by atoms with E-state index in [0.717, 1.165) is 20.7 Å². The zero-order valence-corrected chi connectivity index (χ0v) is 19.5. The molecule has 0 atom stereocenters. The topological polar surface area (TPSA) is 90.2 Å². The maximum absolute atomic E-state index is 13.4. The highest BCUT2D eigenvalue weighted by atomic mass is 35.5. The monoisotopic (exact) mass is 506 g/mol. The molecule has 3 aromatic carbocycles. The molecule has 174 valence electrons. The Morgan fingerprint density at radius 2 is 1.89 bits per heavy atom. The Morgan fingerprint density at radius 1 is 1.06 bits per heavy atom. The van der Waals surface area contributed by atoms with Crippen LogP contribution in [0.5, 0.6) is 5.75 Å². The van der Waals surface area contributed by atoms with Crippen LogP contribution in [0.3, 0.4) is 0 Å². The lowest BCUT2D eigenvalue weighted by molar-refractivity contribution is -0.384. The standard InChI is InChI=1S/C25H16ClFN4O3S/c26-21-11-18(6-9-22(21)34-13-15-2-1-3-17(27)10-15)30-24-20-12-23(35-25(20)29-14-28-24)16-4-7-19(8-5-16)31(32)33/h1-12,14H,13H2,(H,28,29,30). The third-order valence-electron chi connectivity index (χ3n) is 5.17. The molecule has 0 radical (unpaired) electrons. The maximum atomic E-state index is 13.4. The zero-order valence-electron chi connectivity index (χ0n) is 17.9. The summed E-state index contributed by atoms with van der Waals surface area (Å²) >= 11 is 7.88. The number of ether oxygens (including phenoxy) is 1. The van der Waals surface area contributed by atoms with Gasteiger partial charge in [-0.3, -0.25) is 10.1 Å². The van der Waals surface area contributed by atoms with Gasteiger partial charge in [-0.25, -0.2) is 14.4 Å². The third kappa shape index (κ3) is 5.06. The Morgan fingerprint density at radius 3 is 2.63 bits per heavy atom. The van der Waals surface area contributed by atoms with Crippen molar-refractivity contribution < 1.29 is 14.1 Å². The lowest BCUT2D eigenvalue weighted by Crippen LogP contribution is -1.98. The number of hydrogen-bond donors (Lipinski definition) is 1. The van der Waals surface area contributed by atoms with Crippen LogP contribution in [0.2, 0.25) is 5.02 Å². The van der Waals surface area contributed by atoms with Gasteiger partial charge in [0.15, 0.2) is 0 Å². The first-order chi connectivity index (χ1) is 17.0. The molecular formula is C25H16ClFN4O3S. The predicted octanol–water partition coefficient (Wildman–Crippen LogP) is 7.38. The Labute approximate surface area is 208 Å². The minimum Gasteiger partial charge on any atom is -0.487 e. The van der Waals surface area contributed by atoms with E-state index in [1.807, 2.05) is 12.1 Å². The molecule has 5 rings (SSSR count). The van der Waals surface area contributed by atoms with Gasteiger partial charge in [-0.2, -0.15) is 0 Å². The summed E-state index contributed by atoms with van der Waals surface area (Å²) in [5, 5.41) is 15.4. The number of thiophene rings is 1. The molecule has 0 saturated carbocycles. The van der Waals surface area contributed by atoms with Gasteiger partial charge in [0.05, 0.1) is 15.3 Å². The number of fused-ring (bicyclic) bond motifs is 1. The van der Waals surface area contributed by atoms with Crippen LogP contribution in [0.1, 0.15) is 5.56 Å². The number of anilines is 2. The molecule has 7 nitrogen and oxygen atoms in total. The van der Waals surface area contributed by atoms with E-state index in [-0.39, 0.29) is 18.1 Å². The van der Waals surface area contributed by atoms with E-state index >= 15 is 0 Å². The van der Waals surface area contributed by atoms with Crippen molar-refractivity contribution in [2.45, 2.75) is 6.61 Å². The smallest absolute Gasteiger partial charge is 0.269 e. The van der Waals surface area contributed by atoms with Crippen LogP contribution in [0.25, 0.3) is 20.7 Å². The number of non-ortho nitro benzene ring substituents is 1. The van der Waals surface area contributed by atoms with Gasteiger partial charge in [-0.05, 0) is 59.7 Å². The van der Waals surface area contributed by atoms with Crippen molar-refractivity contribution >= 4 is 50.3 Å². The molecule has 35 heavy (non-hydrogen) atoms. The summed E-state index contributed by atoms with van der Waals surface area (Å²) in [4.78, 5) is 20.9. The fraction of sp³-hybridized carbons (Fsp3) is 0.0400. The fourth-order valence-corrected chi connectivity index (χ4v) is 4.70. The van der Waals surface area contributed by atoms with Gasteiger partial charge in [0.25, 0.3) is 5.69 Å². The molecule has 5 aromatic rings. The highest BCUT2D eigenvalue weighted by Gasteiger charge is 2.13. The van der Waals surface area contributed by atoms with Crippen LogP contribution < -0.4 is 10.1 Å². The minimum absolute atomic E-state index is 0.0391. The van der Waals surface area contributed by atoms with Crippen LogP contribution in [0.15, 0.2) is 79.1 Å². The number of halogens is 2. The lowest BCUT2D eigenvalue weighted by atomic mass is 10.1. The zero-order chi connectivity index (χ0) is 24.4. The molecule has 0 spiro atoms. The second-order valence-electron chi connectivity index (χ2n) is 7.54. The summed E-state index contributed by atoms with van der Waals surface area (Å²) in [5.74, 6) is 0.757. The normalized spacial score (nSPS) is 10.9.